The van der Waals surface area contributed by atoms with Gasteiger partial charge in [-0.15, -0.1) is 5.10 Å². The molecule has 0 saturated heterocycles. The van der Waals surface area contributed by atoms with Gasteiger partial charge in [0.05, 0.1) is 11.3 Å². The van der Waals surface area contributed by atoms with Crippen LogP contribution >= 0.6 is 15.9 Å². The first-order valence-corrected chi connectivity index (χ1v) is 5.26. The number of carboxylic acids is 1. The number of nitrogens with zero attached hydrogens (tertiary/aromatic N) is 4. The molecule has 0 aliphatic rings. The van der Waals surface area contributed by atoms with Gasteiger partial charge in [0, 0.05) is 4.47 Å². The van der Waals surface area contributed by atoms with Crippen molar-refractivity contribution < 1.29 is 9.90 Å². The third-order valence-electron chi connectivity index (χ3n) is 2.03. The lowest BCUT2D eigenvalue weighted by atomic mass is 10.2. The van der Waals surface area contributed by atoms with E-state index < -0.39 is 5.97 Å². The van der Waals surface area contributed by atoms with E-state index in [0.717, 1.165) is 0 Å². The number of nitriles is 1. The van der Waals surface area contributed by atoms with Crippen molar-refractivity contribution in [3.05, 3.63) is 40.4 Å². The molecule has 1 aromatic carbocycles. The minimum absolute atomic E-state index is 0.00995. The van der Waals surface area contributed by atoms with Gasteiger partial charge >= 0.3 is 5.97 Å². The molecule has 0 atom stereocenters. The van der Waals surface area contributed by atoms with Gasteiger partial charge in [0.25, 0.3) is 5.82 Å². The number of benzene rings is 1. The second-order valence-corrected chi connectivity index (χ2v) is 4.01. The number of hydrogen-bond donors (Lipinski definition) is 1. The molecule has 7 heteroatoms. The Morgan fingerprint density at radius 3 is 2.88 bits per heavy atom. The Kier molecular flexibility index (Phi) is 2.89. The van der Waals surface area contributed by atoms with Gasteiger partial charge in [-0.2, -0.15) is 5.26 Å². The molecule has 1 aromatic heterocycles. The van der Waals surface area contributed by atoms with E-state index >= 15 is 0 Å². The van der Waals surface area contributed by atoms with Crippen LogP contribution in [0.25, 0.3) is 5.69 Å². The molecule has 0 radical (unpaired) electrons. The number of aromatic carboxylic acids is 1. The first-order chi connectivity index (χ1) is 8.11. The fourth-order valence-electron chi connectivity index (χ4n) is 1.31. The topological polar surface area (TPSA) is 91.8 Å². The molecule has 1 N–H and O–H groups in total. The van der Waals surface area contributed by atoms with Crippen molar-refractivity contribution in [1.29, 1.82) is 5.26 Å². The highest BCUT2D eigenvalue weighted by Gasteiger charge is 2.13. The van der Waals surface area contributed by atoms with Crippen LogP contribution in [0.15, 0.2) is 29.0 Å². The summed E-state index contributed by atoms with van der Waals surface area (Å²) >= 11 is 3.20. The van der Waals surface area contributed by atoms with E-state index in [-0.39, 0.29) is 11.4 Å². The van der Waals surface area contributed by atoms with Gasteiger partial charge in [-0.25, -0.2) is 14.5 Å². The molecule has 0 fully saturated rings. The average molecular weight is 293 g/mol. The Morgan fingerprint density at radius 1 is 1.53 bits per heavy atom. The summed E-state index contributed by atoms with van der Waals surface area (Å²) in [5.74, 6) is -1.08. The summed E-state index contributed by atoms with van der Waals surface area (Å²) in [4.78, 5) is 14.8. The molecule has 84 valence electrons. The van der Waals surface area contributed by atoms with E-state index in [2.05, 4.69) is 26.0 Å². The lowest BCUT2D eigenvalue weighted by molar-refractivity contribution is 0.0696. The fourth-order valence-corrected chi connectivity index (χ4v) is 1.67. The third kappa shape index (κ3) is 2.16. The van der Waals surface area contributed by atoms with Gasteiger partial charge in [-0.05, 0) is 18.2 Å². The number of carboxylic acid groups (broad SMARTS) is 1. The van der Waals surface area contributed by atoms with Crippen LogP contribution in [0.3, 0.4) is 0 Å². The van der Waals surface area contributed by atoms with Crippen LogP contribution in [0.1, 0.15) is 16.2 Å². The van der Waals surface area contributed by atoms with Gasteiger partial charge in [-0.1, -0.05) is 15.9 Å². The highest BCUT2D eigenvalue weighted by Crippen LogP contribution is 2.19. The van der Waals surface area contributed by atoms with Gasteiger partial charge in [-0.3, -0.25) is 0 Å². The van der Waals surface area contributed by atoms with Crippen LogP contribution in [0.5, 0.6) is 0 Å². The van der Waals surface area contributed by atoms with Crippen LogP contribution < -0.4 is 0 Å². The molecule has 2 aromatic rings. The average Bonchev–Trinajstić information content (AvgIpc) is 2.77. The number of halogens is 1. The molecule has 0 aliphatic carbocycles. The molecule has 17 heavy (non-hydrogen) atoms. The summed E-state index contributed by atoms with van der Waals surface area (Å²) in [5.41, 5.74) is 0.434. The smallest absolute Gasteiger partial charge is 0.337 e. The highest BCUT2D eigenvalue weighted by atomic mass is 79.9. The maximum Gasteiger partial charge on any atom is 0.337 e. The zero-order valence-electron chi connectivity index (χ0n) is 8.33. The van der Waals surface area contributed by atoms with Crippen LogP contribution in [-0.2, 0) is 0 Å². The maximum atomic E-state index is 11.1. The minimum Gasteiger partial charge on any atom is -0.478 e. The second kappa shape index (κ2) is 4.35. The van der Waals surface area contributed by atoms with Gasteiger partial charge in [0.2, 0.25) is 0 Å². The number of rotatable bonds is 2. The molecule has 1 heterocycles. The van der Waals surface area contributed by atoms with Gasteiger partial charge < -0.3 is 5.11 Å². The third-order valence-corrected chi connectivity index (χ3v) is 2.52. The van der Waals surface area contributed by atoms with Crippen molar-refractivity contribution in [3.8, 4) is 11.8 Å². The fraction of sp³-hybridized carbons (Fsp3) is 0. The monoisotopic (exact) mass is 292 g/mol. The van der Waals surface area contributed by atoms with Crippen LogP contribution in [0, 0.1) is 11.3 Å². The Bertz CT molecular complexity index is 629. The van der Waals surface area contributed by atoms with Crippen molar-refractivity contribution in [2.75, 3.05) is 0 Å². The number of carbonyl (C=O) groups is 1. The Morgan fingerprint density at radius 2 is 2.29 bits per heavy atom. The summed E-state index contributed by atoms with van der Waals surface area (Å²) in [5, 5.41) is 21.5. The van der Waals surface area contributed by atoms with E-state index in [4.69, 9.17) is 10.4 Å². The maximum absolute atomic E-state index is 11.1. The Balaban J connectivity index is 2.59. The Labute approximate surface area is 104 Å². The minimum atomic E-state index is -1.07. The molecule has 2 rings (SSSR count). The lowest BCUT2D eigenvalue weighted by Crippen LogP contribution is -2.06. The largest absolute Gasteiger partial charge is 0.478 e. The van der Waals surface area contributed by atoms with E-state index in [9.17, 15) is 4.79 Å². The van der Waals surface area contributed by atoms with E-state index in [0.29, 0.717) is 10.2 Å². The quantitative estimate of drug-likeness (QED) is 0.908. The zero-order chi connectivity index (χ0) is 12.4. The molecule has 0 spiro atoms. The second-order valence-electron chi connectivity index (χ2n) is 3.09. The molecular formula is C10H5BrN4O2. The normalized spacial score (nSPS) is 9.88. The van der Waals surface area contributed by atoms with Crippen molar-refractivity contribution in [2.45, 2.75) is 0 Å². The molecular weight excluding hydrogens is 288 g/mol. The van der Waals surface area contributed by atoms with Crippen molar-refractivity contribution in [2.24, 2.45) is 0 Å². The van der Waals surface area contributed by atoms with Crippen LogP contribution in [0.4, 0.5) is 0 Å². The molecule has 0 bridgehead atoms. The molecule has 0 unspecified atom stereocenters. The van der Waals surface area contributed by atoms with Crippen molar-refractivity contribution in [3.63, 3.8) is 0 Å². The van der Waals surface area contributed by atoms with Crippen LogP contribution in [0.2, 0.25) is 0 Å². The number of hydrogen-bond acceptors (Lipinski definition) is 4. The predicted molar refractivity (Wildman–Crippen MR) is 60.7 cm³/mol. The summed E-state index contributed by atoms with van der Waals surface area (Å²) < 4.78 is 1.91. The van der Waals surface area contributed by atoms with Crippen LogP contribution in [-0.4, -0.2) is 25.8 Å². The number of aromatic nitrogens is 3. The lowest BCUT2D eigenvalue weighted by Gasteiger charge is -2.05. The van der Waals surface area contributed by atoms with E-state index in [1.54, 1.807) is 18.2 Å². The van der Waals surface area contributed by atoms with Gasteiger partial charge in [0.1, 0.15) is 12.4 Å². The molecule has 0 amide bonds. The van der Waals surface area contributed by atoms with Gasteiger partial charge in [0.15, 0.2) is 0 Å². The summed E-state index contributed by atoms with van der Waals surface area (Å²) in [6, 6.07) is 6.52. The summed E-state index contributed by atoms with van der Waals surface area (Å²) in [6.45, 7) is 0. The zero-order valence-corrected chi connectivity index (χ0v) is 9.92. The first-order valence-electron chi connectivity index (χ1n) is 4.47. The van der Waals surface area contributed by atoms with Crippen molar-refractivity contribution in [1.82, 2.24) is 14.8 Å². The molecule has 6 nitrogen and oxygen atoms in total. The molecule has 0 aliphatic heterocycles. The standard InChI is InChI=1S/C10H5BrN4O2/c11-6-1-2-8(7(3-6)10(16)17)15-5-13-9(4-12)14-15/h1-3,5H,(H,16,17). The highest BCUT2D eigenvalue weighted by molar-refractivity contribution is 9.10. The SMILES string of the molecule is N#Cc1ncn(-c2ccc(Br)cc2C(=O)O)n1. The summed E-state index contributed by atoms with van der Waals surface area (Å²) in [6.07, 6.45) is 1.30. The Hall–Kier alpha value is -2.20. The van der Waals surface area contributed by atoms with E-state index in [1.165, 1.54) is 17.1 Å². The van der Waals surface area contributed by atoms with E-state index in [1.807, 2.05) is 0 Å². The first kappa shape index (κ1) is 11.3. The van der Waals surface area contributed by atoms with Crippen molar-refractivity contribution >= 4 is 21.9 Å². The predicted octanol–water partition coefficient (Wildman–Crippen LogP) is 1.60. The summed E-state index contributed by atoms with van der Waals surface area (Å²) in [7, 11) is 0. The molecule has 0 saturated carbocycles.